The number of hydrogen-bond acceptors (Lipinski definition) is 3. The maximum atomic E-state index is 13.8. The van der Waals surface area contributed by atoms with Gasteiger partial charge in [0.25, 0.3) is 0 Å². The highest BCUT2D eigenvalue weighted by molar-refractivity contribution is 7.89. The highest BCUT2D eigenvalue weighted by Crippen LogP contribution is 2.23. The maximum absolute atomic E-state index is 13.8. The number of anilines is 1. The Labute approximate surface area is 133 Å². The standard InChI is InChI=1S/C16H15FN2O3S/c1-11-7-8-13(17)15(9-11)23(21,22)18-14-10-19(16(14)20)12-5-3-2-4-6-12/h2-9,14,18H,10H2,1H3. The molecule has 1 saturated heterocycles. The van der Waals surface area contributed by atoms with Crippen LogP contribution in [0.2, 0.25) is 0 Å². The van der Waals surface area contributed by atoms with Gasteiger partial charge in [-0.3, -0.25) is 4.79 Å². The first-order chi connectivity index (χ1) is 10.9. The number of sulfonamides is 1. The van der Waals surface area contributed by atoms with Crippen molar-refractivity contribution in [2.24, 2.45) is 0 Å². The summed E-state index contributed by atoms with van der Waals surface area (Å²) in [6.45, 7) is 1.89. The van der Waals surface area contributed by atoms with Crippen molar-refractivity contribution in [2.45, 2.75) is 17.9 Å². The van der Waals surface area contributed by atoms with Gasteiger partial charge in [-0.1, -0.05) is 24.3 Å². The lowest BCUT2D eigenvalue weighted by Crippen LogP contribution is -2.64. The van der Waals surface area contributed by atoms with E-state index in [1.807, 2.05) is 6.07 Å². The number of nitrogens with zero attached hydrogens (tertiary/aromatic N) is 1. The molecule has 2 aromatic carbocycles. The predicted octanol–water partition coefficient (Wildman–Crippen LogP) is 1.83. The van der Waals surface area contributed by atoms with Gasteiger partial charge in [0.15, 0.2) is 0 Å². The van der Waals surface area contributed by atoms with E-state index in [0.717, 1.165) is 6.07 Å². The molecule has 1 fully saturated rings. The number of rotatable bonds is 4. The molecule has 1 amide bonds. The van der Waals surface area contributed by atoms with Crippen molar-refractivity contribution in [1.29, 1.82) is 0 Å². The number of nitrogens with one attached hydrogen (secondary N) is 1. The Balaban J connectivity index is 1.76. The Morgan fingerprint density at radius 1 is 1.17 bits per heavy atom. The molecule has 1 aliphatic rings. The normalized spacial score (nSPS) is 17.9. The lowest BCUT2D eigenvalue weighted by molar-refractivity contribution is -0.124. The summed E-state index contributed by atoms with van der Waals surface area (Å²) >= 11 is 0. The maximum Gasteiger partial charge on any atom is 0.247 e. The topological polar surface area (TPSA) is 66.5 Å². The number of aryl methyl sites for hydroxylation is 1. The van der Waals surface area contributed by atoms with Gasteiger partial charge in [0, 0.05) is 5.69 Å². The number of carbonyl (C=O) groups excluding carboxylic acids is 1. The summed E-state index contributed by atoms with van der Waals surface area (Å²) < 4.78 is 40.6. The minimum atomic E-state index is -4.08. The SMILES string of the molecule is Cc1ccc(F)c(S(=O)(=O)NC2CN(c3ccccc3)C2=O)c1. The molecule has 0 spiro atoms. The molecule has 0 aliphatic carbocycles. The van der Waals surface area contributed by atoms with E-state index in [1.54, 1.807) is 31.2 Å². The van der Waals surface area contributed by atoms with Crippen LogP contribution in [-0.2, 0) is 14.8 Å². The average Bonchev–Trinajstić information content (AvgIpc) is 2.53. The lowest BCUT2D eigenvalue weighted by atomic mass is 10.1. The molecule has 0 saturated carbocycles. The van der Waals surface area contributed by atoms with Crippen LogP contribution >= 0.6 is 0 Å². The van der Waals surface area contributed by atoms with E-state index in [2.05, 4.69) is 4.72 Å². The molecule has 120 valence electrons. The van der Waals surface area contributed by atoms with E-state index in [0.29, 0.717) is 11.3 Å². The zero-order valence-electron chi connectivity index (χ0n) is 12.4. The van der Waals surface area contributed by atoms with E-state index in [-0.39, 0.29) is 12.5 Å². The molecule has 1 unspecified atom stereocenters. The summed E-state index contributed by atoms with van der Waals surface area (Å²) in [5.74, 6) is -1.19. The Morgan fingerprint density at radius 2 is 1.87 bits per heavy atom. The van der Waals surface area contributed by atoms with Crippen LogP contribution in [0.4, 0.5) is 10.1 Å². The fourth-order valence-electron chi connectivity index (χ4n) is 2.42. The molecular weight excluding hydrogens is 319 g/mol. The first-order valence-electron chi connectivity index (χ1n) is 7.03. The van der Waals surface area contributed by atoms with Crippen molar-refractivity contribution in [3.05, 3.63) is 59.9 Å². The Bertz CT molecular complexity index is 853. The third kappa shape index (κ3) is 2.97. The third-order valence-electron chi connectivity index (χ3n) is 3.67. The number of carbonyl (C=O) groups is 1. The molecular formula is C16H15FN2O3S. The summed E-state index contributed by atoms with van der Waals surface area (Å²) in [6.07, 6.45) is 0. The molecule has 0 bridgehead atoms. The van der Waals surface area contributed by atoms with Crippen LogP contribution in [0.1, 0.15) is 5.56 Å². The second-order valence-electron chi connectivity index (χ2n) is 5.39. The zero-order chi connectivity index (χ0) is 16.6. The Morgan fingerprint density at radius 3 is 2.52 bits per heavy atom. The van der Waals surface area contributed by atoms with E-state index >= 15 is 0 Å². The Hall–Kier alpha value is -2.25. The van der Waals surface area contributed by atoms with Crippen LogP contribution < -0.4 is 9.62 Å². The molecule has 1 N–H and O–H groups in total. The molecule has 1 heterocycles. The van der Waals surface area contributed by atoms with Crippen LogP contribution in [0.15, 0.2) is 53.4 Å². The van der Waals surface area contributed by atoms with Gasteiger partial charge in [0.05, 0.1) is 6.54 Å². The molecule has 0 radical (unpaired) electrons. The third-order valence-corrected chi connectivity index (χ3v) is 5.16. The molecule has 23 heavy (non-hydrogen) atoms. The van der Waals surface area contributed by atoms with Gasteiger partial charge in [-0.05, 0) is 36.8 Å². The highest BCUT2D eigenvalue weighted by atomic mass is 32.2. The number of halogens is 1. The van der Waals surface area contributed by atoms with Crippen LogP contribution in [0.3, 0.4) is 0 Å². The molecule has 5 nitrogen and oxygen atoms in total. The average molecular weight is 334 g/mol. The fourth-order valence-corrected chi connectivity index (χ4v) is 3.76. The summed E-state index contributed by atoms with van der Waals surface area (Å²) in [6, 6.07) is 11.9. The van der Waals surface area contributed by atoms with Crippen molar-refractivity contribution < 1.29 is 17.6 Å². The van der Waals surface area contributed by atoms with Crippen molar-refractivity contribution in [2.75, 3.05) is 11.4 Å². The number of β-lactam (4-membered cyclic amide) rings is 1. The molecule has 2 aromatic rings. The quantitative estimate of drug-likeness (QED) is 0.868. The van der Waals surface area contributed by atoms with Crippen LogP contribution in [0.5, 0.6) is 0 Å². The molecule has 3 rings (SSSR count). The minimum absolute atomic E-state index is 0.218. The van der Waals surface area contributed by atoms with Crippen molar-refractivity contribution in [1.82, 2.24) is 4.72 Å². The minimum Gasteiger partial charge on any atom is -0.309 e. The summed E-state index contributed by atoms with van der Waals surface area (Å²) in [7, 11) is -4.08. The molecule has 7 heteroatoms. The summed E-state index contributed by atoms with van der Waals surface area (Å²) in [5, 5.41) is 0. The highest BCUT2D eigenvalue weighted by Gasteiger charge is 2.40. The second-order valence-corrected chi connectivity index (χ2v) is 7.07. The smallest absolute Gasteiger partial charge is 0.247 e. The van der Waals surface area contributed by atoms with Crippen LogP contribution in [-0.4, -0.2) is 26.9 Å². The number of benzene rings is 2. The van der Waals surface area contributed by atoms with Gasteiger partial charge in [-0.25, -0.2) is 12.8 Å². The van der Waals surface area contributed by atoms with E-state index in [9.17, 15) is 17.6 Å². The first-order valence-corrected chi connectivity index (χ1v) is 8.52. The van der Waals surface area contributed by atoms with E-state index in [4.69, 9.17) is 0 Å². The van der Waals surface area contributed by atoms with E-state index < -0.39 is 26.8 Å². The monoisotopic (exact) mass is 334 g/mol. The van der Waals surface area contributed by atoms with E-state index in [1.165, 1.54) is 17.0 Å². The van der Waals surface area contributed by atoms with Gasteiger partial charge < -0.3 is 4.90 Å². The Kier molecular flexibility index (Phi) is 3.91. The van der Waals surface area contributed by atoms with Crippen LogP contribution in [0, 0.1) is 12.7 Å². The van der Waals surface area contributed by atoms with Crippen LogP contribution in [0.25, 0.3) is 0 Å². The van der Waals surface area contributed by atoms with Crippen molar-refractivity contribution in [3.8, 4) is 0 Å². The zero-order valence-corrected chi connectivity index (χ0v) is 13.2. The van der Waals surface area contributed by atoms with Gasteiger partial charge in [0.2, 0.25) is 15.9 Å². The summed E-state index contributed by atoms with van der Waals surface area (Å²) in [5.41, 5.74) is 1.33. The van der Waals surface area contributed by atoms with Gasteiger partial charge >= 0.3 is 0 Å². The lowest BCUT2D eigenvalue weighted by Gasteiger charge is -2.38. The first kappa shape index (κ1) is 15.6. The number of hydrogen-bond donors (Lipinski definition) is 1. The summed E-state index contributed by atoms with van der Waals surface area (Å²) in [4.78, 5) is 13.2. The van der Waals surface area contributed by atoms with Gasteiger partial charge in [-0.2, -0.15) is 4.72 Å². The predicted molar refractivity (Wildman–Crippen MR) is 84.0 cm³/mol. The fraction of sp³-hybridized carbons (Fsp3) is 0.188. The number of amides is 1. The van der Waals surface area contributed by atoms with Crippen molar-refractivity contribution in [3.63, 3.8) is 0 Å². The van der Waals surface area contributed by atoms with Gasteiger partial charge in [-0.15, -0.1) is 0 Å². The number of para-hydroxylation sites is 1. The molecule has 1 atom stereocenters. The second kappa shape index (κ2) is 5.75. The largest absolute Gasteiger partial charge is 0.309 e. The molecule has 1 aliphatic heterocycles. The van der Waals surface area contributed by atoms with Crippen molar-refractivity contribution >= 4 is 21.6 Å². The molecule has 0 aromatic heterocycles. The van der Waals surface area contributed by atoms with Gasteiger partial charge in [0.1, 0.15) is 16.8 Å².